The van der Waals surface area contributed by atoms with E-state index >= 15 is 0 Å². The molecule has 0 aromatic carbocycles. The molecular weight excluding hydrogens is 236 g/mol. The molecule has 0 aliphatic carbocycles. The van der Waals surface area contributed by atoms with Crippen LogP contribution < -0.4 is 5.32 Å². The normalized spacial score (nSPS) is 13.2. The number of ether oxygens (including phenoxy) is 2. The lowest BCUT2D eigenvalue weighted by Gasteiger charge is -2.18. The molecule has 1 unspecified atom stereocenters. The number of aromatic nitrogens is 1. The third-order valence-electron chi connectivity index (χ3n) is 2.36. The van der Waals surface area contributed by atoms with Gasteiger partial charge in [0.2, 0.25) is 0 Å². The fraction of sp³-hybridized carbons (Fsp3) is 0.750. The van der Waals surface area contributed by atoms with Gasteiger partial charge in [0.05, 0.1) is 6.04 Å². The molecule has 1 N–H and O–H groups in total. The molecule has 0 fully saturated rings. The van der Waals surface area contributed by atoms with Crippen LogP contribution in [0.2, 0.25) is 0 Å². The molecule has 1 atom stereocenters. The molecular formula is C12H22N2O2S. The van der Waals surface area contributed by atoms with Crippen LogP contribution in [0.15, 0.2) is 11.6 Å². The van der Waals surface area contributed by atoms with Gasteiger partial charge in [0.25, 0.3) is 0 Å². The lowest BCUT2D eigenvalue weighted by Crippen LogP contribution is -2.26. The smallest absolute Gasteiger partial charge is 0.158 e. The number of hydrogen-bond acceptors (Lipinski definition) is 5. The van der Waals surface area contributed by atoms with E-state index in [2.05, 4.69) is 17.2 Å². The van der Waals surface area contributed by atoms with Gasteiger partial charge < -0.3 is 14.8 Å². The van der Waals surface area contributed by atoms with Gasteiger partial charge in [0, 0.05) is 37.8 Å². The molecule has 0 aliphatic heterocycles. The van der Waals surface area contributed by atoms with Crippen LogP contribution in [0, 0.1) is 0 Å². The lowest BCUT2D eigenvalue weighted by molar-refractivity contribution is -0.138. The van der Waals surface area contributed by atoms with Crippen LogP contribution in [-0.2, 0) is 9.47 Å². The van der Waals surface area contributed by atoms with E-state index in [1.165, 1.54) is 0 Å². The van der Waals surface area contributed by atoms with Crippen LogP contribution >= 0.6 is 11.3 Å². The zero-order valence-electron chi connectivity index (χ0n) is 10.8. The number of hydrogen-bond donors (Lipinski definition) is 1. The van der Waals surface area contributed by atoms with E-state index in [4.69, 9.17) is 9.47 Å². The first-order valence-electron chi connectivity index (χ1n) is 6.13. The van der Waals surface area contributed by atoms with Crippen LogP contribution in [0.1, 0.15) is 38.2 Å². The average Bonchev–Trinajstić information content (AvgIpc) is 2.83. The van der Waals surface area contributed by atoms with Crippen molar-refractivity contribution in [2.45, 2.75) is 39.5 Å². The molecule has 5 heteroatoms. The summed E-state index contributed by atoms with van der Waals surface area (Å²) in [5, 5.41) is 6.54. The van der Waals surface area contributed by atoms with Crippen molar-refractivity contribution in [1.29, 1.82) is 0 Å². The summed E-state index contributed by atoms with van der Waals surface area (Å²) in [4.78, 5) is 4.28. The van der Waals surface area contributed by atoms with Crippen molar-refractivity contribution in [3.05, 3.63) is 16.6 Å². The van der Waals surface area contributed by atoms with Crippen molar-refractivity contribution >= 4 is 11.3 Å². The summed E-state index contributed by atoms with van der Waals surface area (Å²) in [6.45, 7) is 8.33. The highest BCUT2D eigenvalue weighted by Crippen LogP contribution is 2.14. The van der Waals surface area contributed by atoms with Crippen LogP contribution in [0.4, 0.5) is 0 Å². The number of thiazole rings is 1. The molecule has 98 valence electrons. The van der Waals surface area contributed by atoms with E-state index in [1.54, 1.807) is 11.3 Å². The van der Waals surface area contributed by atoms with Crippen LogP contribution in [0.3, 0.4) is 0 Å². The summed E-state index contributed by atoms with van der Waals surface area (Å²) < 4.78 is 11.0. The summed E-state index contributed by atoms with van der Waals surface area (Å²) in [5.41, 5.74) is 0. The van der Waals surface area contributed by atoms with Crippen molar-refractivity contribution in [3.63, 3.8) is 0 Å². The first kappa shape index (κ1) is 14.6. The molecule has 0 saturated heterocycles. The first-order valence-corrected chi connectivity index (χ1v) is 7.01. The quantitative estimate of drug-likeness (QED) is 0.691. The van der Waals surface area contributed by atoms with Gasteiger partial charge in [-0.2, -0.15) is 0 Å². The van der Waals surface area contributed by atoms with E-state index in [-0.39, 0.29) is 6.29 Å². The predicted molar refractivity (Wildman–Crippen MR) is 70.2 cm³/mol. The molecule has 0 amide bonds. The van der Waals surface area contributed by atoms with Crippen molar-refractivity contribution in [2.24, 2.45) is 0 Å². The second-order valence-electron chi connectivity index (χ2n) is 3.68. The Morgan fingerprint density at radius 1 is 1.35 bits per heavy atom. The molecule has 1 aromatic heterocycles. The van der Waals surface area contributed by atoms with Gasteiger partial charge >= 0.3 is 0 Å². The molecule has 17 heavy (non-hydrogen) atoms. The molecule has 1 heterocycles. The highest BCUT2D eigenvalue weighted by molar-refractivity contribution is 7.09. The van der Waals surface area contributed by atoms with Crippen LogP contribution in [-0.4, -0.2) is 31.0 Å². The number of nitrogens with zero attached hydrogens (tertiary/aromatic N) is 1. The Hall–Kier alpha value is -0.490. The summed E-state index contributed by atoms with van der Waals surface area (Å²) in [5.74, 6) is 0. The molecule has 0 spiro atoms. The van der Waals surface area contributed by atoms with Gasteiger partial charge in [-0.05, 0) is 20.8 Å². The molecule has 0 aliphatic rings. The third-order valence-corrected chi connectivity index (χ3v) is 3.32. The second-order valence-corrected chi connectivity index (χ2v) is 4.60. The standard InChI is InChI=1S/C12H22N2O2S/c1-4-15-11(16-5-2)6-7-13-10(3)12-14-8-9-17-12/h8-11,13H,4-7H2,1-3H3. The second kappa shape index (κ2) is 8.58. The van der Waals surface area contributed by atoms with E-state index in [1.807, 2.05) is 25.4 Å². The Bertz CT molecular complexity index is 274. The maximum atomic E-state index is 5.48. The van der Waals surface area contributed by atoms with E-state index in [9.17, 15) is 0 Å². The minimum atomic E-state index is -0.0963. The fourth-order valence-corrected chi connectivity index (χ4v) is 2.21. The SMILES string of the molecule is CCOC(CCNC(C)c1nccs1)OCC. The zero-order chi connectivity index (χ0) is 12.5. The van der Waals surface area contributed by atoms with Crippen LogP contribution in [0.25, 0.3) is 0 Å². The van der Waals surface area contributed by atoms with Gasteiger partial charge in [-0.15, -0.1) is 11.3 Å². The zero-order valence-corrected chi connectivity index (χ0v) is 11.6. The molecule has 4 nitrogen and oxygen atoms in total. The lowest BCUT2D eigenvalue weighted by atomic mass is 10.3. The molecule has 0 saturated carbocycles. The van der Waals surface area contributed by atoms with Crippen LogP contribution in [0.5, 0.6) is 0 Å². The minimum Gasteiger partial charge on any atom is -0.353 e. The van der Waals surface area contributed by atoms with Crippen molar-refractivity contribution < 1.29 is 9.47 Å². The Labute approximate surface area is 107 Å². The van der Waals surface area contributed by atoms with Gasteiger partial charge in [0.15, 0.2) is 6.29 Å². The Kier molecular flexibility index (Phi) is 7.35. The number of nitrogens with one attached hydrogen (secondary N) is 1. The fourth-order valence-electron chi connectivity index (χ4n) is 1.54. The van der Waals surface area contributed by atoms with Gasteiger partial charge in [-0.25, -0.2) is 4.98 Å². The Morgan fingerprint density at radius 3 is 2.59 bits per heavy atom. The molecule has 0 radical (unpaired) electrons. The van der Waals surface area contributed by atoms with Crippen molar-refractivity contribution in [3.8, 4) is 0 Å². The van der Waals surface area contributed by atoms with Gasteiger partial charge in [-0.3, -0.25) is 0 Å². The summed E-state index contributed by atoms with van der Waals surface area (Å²) in [6, 6.07) is 0.291. The first-order chi connectivity index (χ1) is 8.27. The van der Waals surface area contributed by atoms with E-state index in [0.717, 1.165) is 18.0 Å². The Balaban J connectivity index is 2.21. The third kappa shape index (κ3) is 5.59. The van der Waals surface area contributed by atoms with Gasteiger partial charge in [-0.1, -0.05) is 0 Å². The maximum Gasteiger partial charge on any atom is 0.158 e. The maximum absolute atomic E-state index is 5.48. The average molecular weight is 258 g/mol. The Morgan fingerprint density at radius 2 is 2.06 bits per heavy atom. The predicted octanol–water partition coefficient (Wildman–Crippen LogP) is 2.58. The summed E-state index contributed by atoms with van der Waals surface area (Å²) in [6.07, 6.45) is 2.60. The molecule has 1 rings (SSSR count). The highest BCUT2D eigenvalue weighted by Gasteiger charge is 2.10. The highest BCUT2D eigenvalue weighted by atomic mass is 32.1. The van der Waals surface area contributed by atoms with Gasteiger partial charge in [0.1, 0.15) is 5.01 Å². The number of rotatable bonds is 9. The minimum absolute atomic E-state index is 0.0963. The van der Waals surface area contributed by atoms with E-state index in [0.29, 0.717) is 19.3 Å². The van der Waals surface area contributed by atoms with Crippen molar-refractivity contribution in [1.82, 2.24) is 10.3 Å². The molecule has 0 bridgehead atoms. The topological polar surface area (TPSA) is 43.4 Å². The van der Waals surface area contributed by atoms with E-state index < -0.39 is 0 Å². The summed E-state index contributed by atoms with van der Waals surface area (Å²) in [7, 11) is 0. The largest absolute Gasteiger partial charge is 0.353 e. The monoisotopic (exact) mass is 258 g/mol. The summed E-state index contributed by atoms with van der Waals surface area (Å²) >= 11 is 1.67. The van der Waals surface area contributed by atoms with Crippen molar-refractivity contribution in [2.75, 3.05) is 19.8 Å². The molecule has 1 aromatic rings.